The number of rotatable bonds is 6. The molecule has 0 radical (unpaired) electrons. The highest BCUT2D eigenvalue weighted by Crippen LogP contribution is 2.39. The van der Waals surface area contributed by atoms with E-state index in [2.05, 4.69) is 23.3 Å². The van der Waals surface area contributed by atoms with Gasteiger partial charge in [-0.05, 0) is 44.2 Å². The van der Waals surface area contributed by atoms with Gasteiger partial charge in [0.15, 0.2) is 0 Å². The minimum absolute atomic E-state index is 0.0464. The molecule has 2 aliphatic rings. The van der Waals surface area contributed by atoms with Gasteiger partial charge < -0.3 is 15.0 Å². The molecule has 2 fully saturated rings. The number of aromatic nitrogens is 1. The van der Waals surface area contributed by atoms with Crippen molar-refractivity contribution in [3.8, 4) is 0 Å². The molecule has 1 aliphatic carbocycles. The lowest BCUT2D eigenvalue weighted by atomic mass is 9.75. The van der Waals surface area contributed by atoms with Crippen molar-refractivity contribution in [3.05, 3.63) is 30.1 Å². The number of nitrogens with zero attached hydrogens (tertiary/aromatic N) is 2. The molecule has 5 heteroatoms. The van der Waals surface area contributed by atoms with Crippen LogP contribution < -0.4 is 5.32 Å². The lowest BCUT2D eigenvalue weighted by Gasteiger charge is -2.43. The predicted molar refractivity (Wildman–Crippen MR) is 89.0 cm³/mol. The SMILES string of the molecule is COC1(CC(C)N[C@@H]2CC(=O)N(C)[C@H]2c2cccnc2)CCC1. The highest BCUT2D eigenvalue weighted by atomic mass is 16.5. The van der Waals surface area contributed by atoms with E-state index in [1.54, 1.807) is 6.20 Å². The summed E-state index contributed by atoms with van der Waals surface area (Å²) in [5, 5.41) is 3.68. The van der Waals surface area contributed by atoms with E-state index < -0.39 is 0 Å². The minimum atomic E-state index is 0.0464. The fraction of sp³-hybridized carbons (Fsp3) is 0.667. The molecule has 3 atom stereocenters. The summed E-state index contributed by atoms with van der Waals surface area (Å²) in [6.07, 6.45) is 8.71. The maximum atomic E-state index is 12.2. The molecule has 1 aromatic heterocycles. The van der Waals surface area contributed by atoms with Crippen LogP contribution >= 0.6 is 0 Å². The molecule has 3 rings (SSSR count). The van der Waals surface area contributed by atoms with Crippen molar-refractivity contribution < 1.29 is 9.53 Å². The van der Waals surface area contributed by atoms with Gasteiger partial charge in [0.25, 0.3) is 0 Å². The Labute approximate surface area is 138 Å². The van der Waals surface area contributed by atoms with Gasteiger partial charge in [-0.2, -0.15) is 0 Å². The van der Waals surface area contributed by atoms with E-state index in [-0.39, 0.29) is 23.6 Å². The number of ether oxygens (including phenoxy) is 1. The molecule has 1 unspecified atom stereocenters. The van der Waals surface area contributed by atoms with Gasteiger partial charge >= 0.3 is 0 Å². The Morgan fingerprint density at radius 1 is 1.52 bits per heavy atom. The molecule has 1 saturated heterocycles. The third-order valence-corrected chi connectivity index (χ3v) is 5.49. The van der Waals surface area contributed by atoms with Crippen LogP contribution in [0.2, 0.25) is 0 Å². The van der Waals surface area contributed by atoms with Crippen molar-refractivity contribution >= 4 is 5.91 Å². The van der Waals surface area contributed by atoms with Crippen LogP contribution in [0, 0.1) is 0 Å². The van der Waals surface area contributed by atoms with Gasteiger partial charge in [-0.3, -0.25) is 9.78 Å². The third kappa shape index (κ3) is 3.26. The summed E-state index contributed by atoms with van der Waals surface area (Å²) in [5.74, 6) is 0.189. The summed E-state index contributed by atoms with van der Waals surface area (Å²) in [6.45, 7) is 2.20. The van der Waals surface area contributed by atoms with Gasteiger partial charge in [-0.1, -0.05) is 6.07 Å². The van der Waals surface area contributed by atoms with E-state index in [0.29, 0.717) is 12.5 Å². The zero-order chi connectivity index (χ0) is 16.4. The zero-order valence-corrected chi connectivity index (χ0v) is 14.3. The summed E-state index contributed by atoms with van der Waals surface area (Å²) in [4.78, 5) is 18.3. The second kappa shape index (κ2) is 6.57. The average Bonchev–Trinajstić information content (AvgIpc) is 2.78. The monoisotopic (exact) mass is 317 g/mol. The molecule has 23 heavy (non-hydrogen) atoms. The first-order chi connectivity index (χ1) is 11.0. The summed E-state index contributed by atoms with van der Waals surface area (Å²) < 4.78 is 5.74. The Morgan fingerprint density at radius 3 is 2.87 bits per heavy atom. The minimum Gasteiger partial charge on any atom is -0.378 e. The number of hydrogen-bond donors (Lipinski definition) is 1. The summed E-state index contributed by atoms with van der Waals surface area (Å²) in [7, 11) is 3.70. The first-order valence-corrected chi connectivity index (χ1v) is 8.51. The van der Waals surface area contributed by atoms with Gasteiger partial charge in [0, 0.05) is 45.1 Å². The molecule has 0 spiro atoms. The number of methoxy groups -OCH3 is 1. The van der Waals surface area contributed by atoms with Gasteiger partial charge in [0.1, 0.15) is 0 Å². The molecule has 126 valence electrons. The zero-order valence-electron chi connectivity index (χ0n) is 14.3. The molecule has 2 heterocycles. The smallest absolute Gasteiger partial charge is 0.224 e. The Bertz CT molecular complexity index is 539. The lowest BCUT2D eigenvalue weighted by Crippen LogP contribution is -2.48. The van der Waals surface area contributed by atoms with E-state index in [9.17, 15) is 4.79 Å². The summed E-state index contributed by atoms with van der Waals surface area (Å²) in [6, 6.07) is 4.48. The Hall–Kier alpha value is -1.46. The van der Waals surface area contributed by atoms with Crippen LogP contribution in [0.4, 0.5) is 0 Å². The fourth-order valence-electron chi connectivity index (χ4n) is 4.07. The quantitative estimate of drug-likeness (QED) is 0.874. The van der Waals surface area contributed by atoms with Crippen LogP contribution in [-0.4, -0.2) is 47.6 Å². The molecule has 1 amide bonds. The third-order valence-electron chi connectivity index (χ3n) is 5.49. The van der Waals surface area contributed by atoms with Crippen LogP contribution in [0.5, 0.6) is 0 Å². The van der Waals surface area contributed by atoms with E-state index in [0.717, 1.165) is 24.8 Å². The largest absolute Gasteiger partial charge is 0.378 e. The van der Waals surface area contributed by atoms with E-state index in [1.165, 1.54) is 6.42 Å². The highest BCUT2D eigenvalue weighted by Gasteiger charge is 2.42. The molecule has 1 N–H and O–H groups in total. The van der Waals surface area contributed by atoms with Crippen LogP contribution in [0.3, 0.4) is 0 Å². The average molecular weight is 317 g/mol. The van der Waals surface area contributed by atoms with Crippen molar-refractivity contribution in [1.29, 1.82) is 0 Å². The number of pyridine rings is 1. The molecule has 1 saturated carbocycles. The van der Waals surface area contributed by atoms with Gasteiger partial charge in [-0.25, -0.2) is 0 Å². The second-order valence-electron chi connectivity index (χ2n) is 7.06. The molecule has 5 nitrogen and oxygen atoms in total. The van der Waals surface area contributed by atoms with Gasteiger partial charge in [-0.15, -0.1) is 0 Å². The Balaban J connectivity index is 1.69. The Morgan fingerprint density at radius 2 is 2.30 bits per heavy atom. The first-order valence-electron chi connectivity index (χ1n) is 8.51. The maximum absolute atomic E-state index is 12.2. The number of hydrogen-bond acceptors (Lipinski definition) is 4. The number of likely N-dealkylation sites (N-methyl/N-ethyl adjacent to an activating group) is 1. The molecule has 0 aromatic carbocycles. The number of nitrogens with one attached hydrogen (secondary N) is 1. The van der Waals surface area contributed by atoms with Crippen LogP contribution in [-0.2, 0) is 9.53 Å². The number of amides is 1. The van der Waals surface area contributed by atoms with Crippen molar-refractivity contribution in [2.24, 2.45) is 0 Å². The van der Waals surface area contributed by atoms with Crippen LogP contribution in [0.15, 0.2) is 24.5 Å². The van der Waals surface area contributed by atoms with Crippen molar-refractivity contribution in [3.63, 3.8) is 0 Å². The van der Waals surface area contributed by atoms with Crippen molar-refractivity contribution in [1.82, 2.24) is 15.2 Å². The second-order valence-corrected chi connectivity index (χ2v) is 7.06. The van der Waals surface area contributed by atoms with E-state index in [1.807, 2.05) is 31.3 Å². The maximum Gasteiger partial charge on any atom is 0.224 e. The summed E-state index contributed by atoms with van der Waals surface area (Å²) in [5.41, 5.74) is 1.14. The highest BCUT2D eigenvalue weighted by molar-refractivity contribution is 5.80. The van der Waals surface area contributed by atoms with E-state index in [4.69, 9.17) is 4.74 Å². The summed E-state index contributed by atoms with van der Waals surface area (Å²) >= 11 is 0. The predicted octanol–water partition coefficient (Wildman–Crippen LogP) is 2.29. The van der Waals surface area contributed by atoms with Crippen LogP contribution in [0.25, 0.3) is 0 Å². The molecular weight excluding hydrogens is 290 g/mol. The topological polar surface area (TPSA) is 54.5 Å². The van der Waals surface area contributed by atoms with Crippen LogP contribution in [0.1, 0.15) is 50.6 Å². The molecule has 1 aliphatic heterocycles. The van der Waals surface area contributed by atoms with Crippen molar-refractivity contribution in [2.45, 2.75) is 62.8 Å². The molecule has 1 aromatic rings. The lowest BCUT2D eigenvalue weighted by molar-refractivity contribution is -0.127. The normalized spacial score (nSPS) is 27.8. The fourth-order valence-corrected chi connectivity index (χ4v) is 4.07. The first kappa shape index (κ1) is 16.4. The van der Waals surface area contributed by atoms with Gasteiger partial charge in [0.2, 0.25) is 5.91 Å². The Kier molecular flexibility index (Phi) is 4.69. The molecular formula is C18H27N3O2. The number of likely N-dealkylation sites (tertiary alicyclic amines) is 1. The standard InChI is InChI=1S/C18H27N3O2/c1-13(11-18(23-3)7-5-8-18)20-15-10-16(22)21(2)17(15)14-6-4-9-19-12-14/h4,6,9,12-13,15,17,20H,5,7-8,10-11H2,1-3H3/t13?,15-,17+/m1/s1. The van der Waals surface area contributed by atoms with Crippen molar-refractivity contribution in [2.75, 3.05) is 14.2 Å². The number of carbonyl (C=O) groups is 1. The number of carbonyl (C=O) groups excluding carboxylic acids is 1. The van der Waals surface area contributed by atoms with E-state index >= 15 is 0 Å². The molecule has 0 bridgehead atoms. The van der Waals surface area contributed by atoms with Gasteiger partial charge in [0.05, 0.1) is 11.6 Å².